The minimum absolute atomic E-state index is 0.00890. The van der Waals surface area contributed by atoms with Crippen molar-refractivity contribution in [3.63, 3.8) is 0 Å². The van der Waals surface area contributed by atoms with E-state index < -0.39 is 4.92 Å². The average Bonchev–Trinajstić information content (AvgIpc) is 3.19. The lowest BCUT2D eigenvalue weighted by Crippen LogP contribution is -1.93. The topological polar surface area (TPSA) is 91.8 Å². The summed E-state index contributed by atoms with van der Waals surface area (Å²) in [5.41, 5.74) is 3.78. The molecule has 2 aromatic carbocycles. The Bertz CT molecular complexity index is 1060. The molecule has 1 heterocycles. The van der Waals surface area contributed by atoms with Gasteiger partial charge in [0.25, 0.3) is 5.69 Å². The molecule has 0 spiro atoms. The Kier molecular flexibility index (Phi) is 5.82. The van der Waals surface area contributed by atoms with Gasteiger partial charge in [-0.25, -0.2) is 4.98 Å². The Balaban J connectivity index is 1.80. The summed E-state index contributed by atoms with van der Waals surface area (Å²) in [5.74, 6) is 0.460. The maximum absolute atomic E-state index is 10.9. The van der Waals surface area contributed by atoms with E-state index in [1.165, 1.54) is 29.0 Å². The number of nitro benzene ring substituents is 1. The van der Waals surface area contributed by atoms with Gasteiger partial charge >= 0.3 is 0 Å². The highest BCUT2D eigenvalue weighted by atomic mass is 32.1. The maximum atomic E-state index is 10.9. The van der Waals surface area contributed by atoms with E-state index >= 15 is 0 Å². The van der Waals surface area contributed by atoms with Crippen LogP contribution in [0.2, 0.25) is 0 Å². The van der Waals surface area contributed by atoms with Crippen molar-refractivity contribution in [1.29, 1.82) is 5.26 Å². The lowest BCUT2D eigenvalue weighted by Gasteiger charge is -2.06. The number of allylic oxidation sites excluding steroid dienone is 1. The number of hydrogen-bond acceptors (Lipinski definition) is 6. The first-order valence-corrected chi connectivity index (χ1v) is 9.53. The van der Waals surface area contributed by atoms with Crippen molar-refractivity contribution in [1.82, 2.24) is 4.98 Å². The lowest BCUT2D eigenvalue weighted by molar-refractivity contribution is -0.384. The maximum Gasteiger partial charge on any atom is 0.270 e. The van der Waals surface area contributed by atoms with Gasteiger partial charge in [0.1, 0.15) is 16.6 Å². The molecule has 28 heavy (non-hydrogen) atoms. The van der Waals surface area contributed by atoms with Crippen molar-refractivity contribution in [2.45, 2.75) is 19.8 Å². The number of thiazole rings is 1. The number of anilines is 1. The molecule has 1 N–H and O–H groups in total. The largest absolute Gasteiger partial charge is 0.360 e. The van der Waals surface area contributed by atoms with Crippen molar-refractivity contribution < 1.29 is 4.92 Å². The molecule has 3 aromatic rings. The van der Waals surface area contributed by atoms with Crippen molar-refractivity contribution in [2.75, 3.05) is 5.32 Å². The predicted octanol–water partition coefficient (Wildman–Crippen LogP) is 5.82. The van der Waals surface area contributed by atoms with E-state index in [4.69, 9.17) is 0 Å². The van der Waals surface area contributed by atoms with Crippen LogP contribution in [0.3, 0.4) is 0 Å². The van der Waals surface area contributed by atoms with Crippen LogP contribution in [0.1, 0.15) is 30.3 Å². The Labute approximate surface area is 167 Å². The molecule has 0 unspecified atom stereocenters. The van der Waals surface area contributed by atoms with Gasteiger partial charge in [-0.3, -0.25) is 10.1 Å². The lowest BCUT2D eigenvalue weighted by atomic mass is 10.0. The van der Waals surface area contributed by atoms with Crippen molar-refractivity contribution in [3.8, 4) is 17.3 Å². The zero-order chi connectivity index (χ0) is 20.1. The first-order valence-electron chi connectivity index (χ1n) is 8.65. The smallest absolute Gasteiger partial charge is 0.270 e. The Morgan fingerprint density at radius 3 is 2.68 bits per heavy atom. The van der Waals surface area contributed by atoms with Gasteiger partial charge in [-0.05, 0) is 23.6 Å². The van der Waals surface area contributed by atoms with Crippen molar-refractivity contribution in [2.24, 2.45) is 0 Å². The number of hydrogen-bond donors (Lipinski definition) is 1. The summed E-state index contributed by atoms with van der Waals surface area (Å²) in [6, 6.07) is 16.5. The van der Waals surface area contributed by atoms with Gasteiger partial charge in [0, 0.05) is 35.0 Å². The van der Waals surface area contributed by atoms with E-state index in [-0.39, 0.29) is 5.69 Å². The van der Waals surface area contributed by atoms with Crippen molar-refractivity contribution in [3.05, 3.63) is 80.8 Å². The number of aromatic nitrogens is 1. The fraction of sp³-hybridized carbons (Fsp3) is 0.143. The van der Waals surface area contributed by atoms with Gasteiger partial charge in [-0.15, -0.1) is 11.3 Å². The molecule has 0 saturated carbocycles. The molecule has 7 heteroatoms. The first-order chi connectivity index (χ1) is 13.5. The molecule has 6 nitrogen and oxygen atoms in total. The molecule has 0 aliphatic rings. The van der Waals surface area contributed by atoms with Gasteiger partial charge in [-0.2, -0.15) is 5.26 Å². The van der Waals surface area contributed by atoms with E-state index in [2.05, 4.69) is 42.4 Å². The molecule has 3 rings (SSSR count). The van der Waals surface area contributed by atoms with Crippen LogP contribution in [0.25, 0.3) is 16.8 Å². The summed E-state index contributed by atoms with van der Waals surface area (Å²) in [6.07, 6.45) is 1.63. The van der Waals surface area contributed by atoms with Crippen LogP contribution in [0.15, 0.2) is 60.1 Å². The van der Waals surface area contributed by atoms with E-state index in [9.17, 15) is 15.4 Å². The highest BCUT2D eigenvalue weighted by Crippen LogP contribution is 2.28. The molecular weight excluding hydrogens is 372 g/mol. The minimum atomic E-state index is -0.439. The third-order valence-electron chi connectivity index (χ3n) is 4.17. The van der Waals surface area contributed by atoms with Gasteiger partial charge in [0.2, 0.25) is 0 Å². The van der Waals surface area contributed by atoms with Crippen LogP contribution in [-0.4, -0.2) is 9.91 Å². The van der Waals surface area contributed by atoms with Crippen LogP contribution in [0.4, 0.5) is 11.4 Å². The second-order valence-electron chi connectivity index (χ2n) is 6.44. The molecule has 0 amide bonds. The number of rotatable bonds is 6. The molecule has 0 atom stereocenters. The molecule has 0 aliphatic heterocycles. The number of nitro groups is 1. The monoisotopic (exact) mass is 390 g/mol. The summed E-state index contributed by atoms with van der Waals surface area (Å²) < 4.78 is 0. The number of nitrogens with one attached hydrogen (secondary N) is 1. The Morgan fingerprint density at radius 2 is 2.04 bits per heavy atom. The van der Waals surface area contributed by atoms with Crippen LogP contribution in [0.5, 0.6) is 0 Å². The average molecular weight is 390 g/mol. The third kappa shape index (κ3) is 4.42. The number of non-ortho nitro benzene ring substituents is 1. The van der Waals surface area contributed by atoms with Crippen LogP contribution < -0.4 is 5.32 Å². The molecule has 0 saturated heterocycles. The van der Waals surface area contributed by atoms with Gasteiger partial charge in [-0.1, -0.05) is 38.1 Å². The second-order valence-corrected chi connectivity index (χ2v) is 7.29. The second kappa shape index (κ2) is 8.46. The number of benzene rings is 2. The van der Waals surface area contributed by atoms with E-state index in [1.54, 1.807) is 23.7 Å². The van der Waals surface area contributed by atoms with E-state index in [0.717, 1.165) is 5.69 Å². The summed E-state index contributed by atoms with van der Waals surface area (Å²) >= 11 is 1.32. The van der Waals surface area contributed by atoms with Crippen molar-refractivity contribution >= 4 is 28.3 Å². The van der Waals surface area contributed by atoms with Crippen LogP contribution >= 0.6 is 11.3 Å². The van der Waals surface area contributed by atoms with Crippen LogP contribution in [0, 0.1) is 21.4 Å². The fourth-order valence-electron chi connectivity index (χ4n) is 2.57. The molecule has 0 fully saturated rings. The first kappa shape index (κ1) is 19.3. The van der Waals surface area contributed by atoms with E-state index in [0.29, 0.717) is 27.8 Å². The molecular formula is C21H18N4O2S. The summed E-state index contributed by atoms with van der Waals surface area (Å²) in [6.45, 7) is 4.27. The third-order valence-corrected chi connectivity index (χ3v) is 5.04. The Morgan fingerprint density at radius 1 is 1.29 bits per heavy atom. The van der Waals surface area contributed by atoms with Gasteiger partial charge in [0.05, 0.1) is 10.6 Å². The predicted molar refractivity (Wildman–Crippen MR) is 112 cm³/mol. The zero-order valence-electron chi connectivity index (χ0n) is 15.4. The minimum Gasteiger partial charge on any atom is -0.360 e. The SMILES string of the molecule is CC(C)c1ccc(N/C=C(\C#N)c2nc(-c3cccc([N+](=O)[O-])c3)cs2)cc1. The number of nitrogens with zero attached hydrogens (tertiary/aromatic N) is 3. The fourth-order valence-corrected chi connectivity index (χ4v) is 3.37. The quantitative estimate of drug-likeness (QED) is 0.325. The standard InChI is InChI=1S/C21H18N4O2S/c1-14(2)15-6-8-18(9-7-15)23-12-17(11-22)21-24-20(13-28-21)16-4-3-5-19(10-16)25(26)27/h3-10,12-14,23H,1-2H3/b17-12+. The molecule has 1 aromatic heterocycles. The summed E-state index contributed by atoms with van der Waals surface area (Å²) in [7, 11) is 0. The summed E-state index contributed by atoms with van der Waals surface area (Å²) in [4.78, 5) is 15.0. The highest BCUT2D eigenvalue weighted by molar-refractivity contribution is 7.11. The normalized spacial score (nSPS) is 11.3. The Hall–Kier alpha value is -3.50. The van der Waals surface area contributed by atoms with E-state index in [1.807, 2.05) is 12.1 Å². The molecule has 0 radical (unpaired) electrons. The summed E-state index contributed by atoms with van der Waals surface area (Å²) in [5, 5.41) is 25.9. The molecule has 0 bridgehead atoms. The van der Waals surface area contributed by atoms with Gasteiger partial charge < -0.3 is 5.32 Å². The molecule has 0 aliphatic carbocycles. The zero-order valence-corrected chi connectivity index (χ0v) is 16.2. The number of nitriles is 1. The molecule has 140 valence electrons. The van der Waals surface area contributed by atoms with Crippen LogP contribution in [-0.2, 0) is 0 Å². The van der Waals surface area contributed by atoms with Gasteiger partial charge in [0.15, 0.2) is 0 Å². The highest BCUT2D eigenvalue weighted by Gasteiger charge is 2.12.